The van der Waals surface area contributed by atoms with Crippen LogP contribution in [0.15, 0.2) is 27.7 Å². The molecule has 1 fully saturated rings. The Hall–Kier alpha value is -3.30. The zero-order chi connectivity index (χ0) is 23.5. The van der Waals surface area contributed by atoms with Gasteiger partial charge in [0.15, 0.2) is 17.5 Å². The molecule has 0 aliphatic carbocycles. The fourth-order valence-electron chi connectivity index (χ4n) is 3.09. The number of fused-ring (bicyclic) bond motifs is 1. The number of carboxylic acids is 1. The van der Waals surface area contributed by atoms with Gasteiger partial charge in [-0.1, -0.05) is 5.16 Å². The summed E-state index contributed by atoms with van der Waals surface area (Å²) in [5, 5.41) is 22.1. The Morgan fingerprint density at radius 1 is 1.36 bits per heavy atom. The molecule has 2 aromatic heterocycles. The SMILES string of the molecule is Cc1nc(CO/N=C(/C(=O)NC2C(=O)N3C(C(=O)O)=CCS[C@H]23)c2csc(NC=O)n2)cs1. The molecule has 2 atom stereocenters. The molecule has 3 N–H and O–H groups in total. The highest BCUT2D eigenvalue weighted by molar-refractivity contribution is 8.00. The van der Waals surface area contributed by atoms with Crippen molar-refractivity contribution in [2.75, 3.05) is 11.1 Å². The monoisotopic (exact) mass is 508 g/mol. The molecule has 2 aromatic rings. The first-order valence-electron chi connectivity index (χ1n) is 9.35. The number of carbonyl (C=O) groups excluding carboxylic acids is 3. The molecular formula is C18H16N6O6S3. The number of thioether (sulfide) groups is 1. The minimum Gasteiger partial charge on any atom is -0.477 e. The van der Waals surface area contributed by atoms with Crippen LogP contribution in [0.5, 0.6) is 0 Å². The number of aryl methyl sites for hydroxylation is 1. The summed E-state index contributed by atoms with van der Waals surface area (Å²) >= 11 is 3.86. The fraction of sp³-hybridized carbons (Fsp3) is 0.278. The molecule has 15 heteroatoms. The van der Waals surface area contributed by atoms with Gasteiger partial charge in [0, 0.05) is 16.5 Å². The number of anilines is 1. The van der Waals surface area contributed by atoms with Crippen LogP contribution in [0.3, 0.4) is 0 Å². The van der Waals surface area contributed by atoms with Gasteiger partial charge in [-0.15, -0.1) is 34.4 Å². The van der Waals surface area contributed by atoms with Crippen molar-refractivity contribution in [2.24, 2.45) is 5.16 Å². The molecule has 4 rings (SSSR count). The second-order valence-electron chi connectivity index (χ2n) is 6.65. The maximum atomic E-state index is 13.0. The van der Waals surface area contributed by atoms with Crippen LogP contribution in [0, 0.1) is 6.92 Å². The van der Waals surface area contributed by atoms with E-state index >= 15 is 0 Å². The van der Waals surface area contributed by atoms with E-state index in [2.05, 4.69) is 25.8 Å². The number of oxime groups is 1. The Labute approximate surface area is 198 Å². The number of nitrogens with one attached hydrogen (secondary N) is 2. The molecule has 12 nitrogen and oxygen atoms in total. The zero-order valence-corrected chi connectivity index (χ0v) is 19.3. The normalized spacial score (nSPS) is 19.8. The summed E-state index contributed by atoms with van der Waals surface area (Å²) in [7, 11) is 0. The number of carboxylic acid groups (broad SMARTS) is 1. The van der Waals surface area contributed by atoms with Crippen molar-refractivity contribution in [1.29, 1.82) is 0 Å². The van der Waals surface area contributed by atoms with Crippen LogP contribution in [0.25, 0.3) is 0 Å². The quantitative estimate of drug-likeness (QED) is 0.192. The van der Waals surface area contributed by atoms with Gasteiger partial charge in [0.2, 0.25) is 6.41 Å². The first-order chi connectivity index (χ1) is 15.9. The summed E-state index contributed by atoms with van der Waals surface area (Å²) in [6.07, 6.45) is 1.91. The number of β-lactam (4-membered cyclic amide) rings is 1. The molecule has 2 aliphatic rings. The molecule has 3 amide bonds. The number of rotatable bonds is 9. The van der Waals surface area contributed by atoms with Crippen molar-refractivity contribution in [3.05, 3.63) is 38.9 Å². The molecular weight excluding hydrogens is 492 g/mol. The van der Waals surface area contributed by atoms with Crippen molar-refractivity contribution in [3.63, 3.8) is 0 Å². The number of hydrogen-bond acceptors (Lipinski definition) is 11. The highest BCUT2D eigenvalue weighted by atomic mass is 32.2. The summed E-state index contributed by atoms with van der Waals surface area (Å²) < 4.78 is 0. The highest BCUT2D eigenvalue weighted by Crippen LogP contribution is 2.37. The third kappa shape index (κ3) is 4.74. The third-order valence-corrected chi connectivity index (χ3v) is 7.31. The van der Waals surface area contributed by atoms with Crippen LogP contribution in [0.1, 0.15) is 16.4 Å². The Balaban J connectivity index is 1.51. The lowest BCUT2D eigenvalue weighted by atomic mass is 10.0. The van der Waals surface area contributed by atoms with E-state index in [9.17, 15) is 24.3 Å². The number of amides is 3. The topological polar surface area (TPSA) is 163 Å². The van der Waals surface area contributed by atoms with E-state index < -0.39 is 29.2 Å². The van der Waals surface area contributed by atoms with Crippen molar-refractivity contribution < 1.29 is 29.1 Å². The molecule has 0 saturated carbocycles. The largest absolute Gasteiger partial charge is 0.477 e. The van der Waals surface area contributed by atoms with E-state index in [1.807, 2.05) is 6.92 Å². The molecule has 4 heterocycles. The van der Waals surface area contributed by atoms with Gasteiger partial charge in [0.05, 0.1) is 10.7 Å². The number of aliphatic carboxylic acids is 1. The van der Waals surface area contributed by atoms with Gasteiger partial charge in [0.1, 0.15) is 22.8 Å². The minimum absolute atomic E-state index is 0.0199. The van der Waals surface area contributed by atoms with Crippen molar-refractivity contribution in [3.8, 4) is 0 Å². The molecule has 2 aliphatic heterocycles. The number of carbonyl (C=O) groups is 4. The van der Waals surface area contributed by atoms with E-state index in [1.165, 1.54) is 34.6 Å². The number of thiazole rings is 2. The van der Waals surface area contributed by atoms with Crippen LogP contribution in [-0.4, -0.2) is 67.0 Å². The smallest absolute Gasteiger partial charge is 0.352 e. The first kappa shape index (κ1) is 22.9. The lowest BCUT2D eigenvalue weighted by Crippen LogP contribution is -2.70. The van der Waals surface area contributed by atoms with E-state index in [4.69, 9.17) is 4.84 Å². The molecule has 1 saturated heterocycles. The van der Waals surface area contributed by atoms with Crippen LogP contribution in [0.2, 0.25) is 0 Å². The first-order valence-corrected chi connectivity index (χ1v) is 12.2. The Bertz CT molecular complexity index is 1170. The number of hydrogen-bond donors (Lipinski definition) is 3. The van der Waals surface area contributed by atoms with Gasteiger partial charge in [0.25, 0.3) is 11.8 Å². The molecule has 0 bridgehead atoms. The number of aromatic nitrogens is 2. The van der Waals surface area contributed by atoms with Gasteiger partial charge in [-0.2, -0.15) is 0 Å². The van der Waals surface area contributed by atoms with E-state index in [-0.39, 0.29) is 28.8 Å². The molecule has 0 spiro atoms. The van der Waals surface area contributed by atoms with E-state index in [0.29, 0.717) is 17.9 Å². The second-order valence-corrected chi connectivity index (χ2v) is 9.72. The van der Waals surface area contributed by atoms with Gasteiger partial charge in [-0.3, -0.25) is 19.3 Å². The summed E-state index contributed by atoms with van der Waals surface area (Å²) in [5.41, 5.74) is 0.480. The second kappa shape index (κ2) is 9.68. The predicted molar refractivity (Wildman–Crippen MR) is 121 cm³/mol. The van der Waals surface area contributed by atoms with Crippen LogP contribution >= 0.6 is 34.4 Å². The van der Waals surface area contributed by atoms with E-state index in [0.717, 1.165) is 21.2 Å². The summed E-state index contributed by atoms with van der Waals surface area (Å²) in [5.74, 6) is -2.07. The molecule has 172 valence electrons. The van der Waals surface area contributed by atoms with Gasteiger partial charge >= 0.3 is 5.97 Å². The lowest BCUT2D eigenvalue weighted by Gasteiger charge is -2.48. The average Bonchev–Trinajstić information content (AvgIpc) is 3.43. The molecule has 0 radical (unpaired) electrons. The van der Waals surface area contributed by atoms with Crippen LogP contribution in [-0.2, 0) is 30.6 Å². The standard InChI is InChI=1S/C18H16N6O6S3/c1-8-20-9(5-32-8)4-30-23-12(10-6-33-18(21-10)19-7-25)14(26)22-13-15(27)24-11(17(28)29)2-3-31-16(13)24/h2,5-7,13,16H,3-4H2,1H3,(H,22,26)(H,28,29)(H,19,21,25)/b23-12+/t13?,16-/m1/s1. The summed E-state index contributed by atoms with van der Waals surface area (Å²) in [6, 6.07) is -0.928. The fourth-order valence-corrected chi connectivity index (χ4v) is 5.54. The maximum Gasteiger partial charge on any atom is 0.352 e. The van der Waals surface area contributed by atoms with Gasteiger partial charge in [-0.05, 0) is 13.0 Å². The Kier molecular flexibility index (Phi) is 6.71. The summed E-state index contributed by atoms with van der Waals surface area (Å²) in [4.78, 5) is 62.5. The zero-order valence-electron chi connectivity index (χ0n) is 16.9. The van der Waals surface area contributed by atoms with Crippen LogP contribution < -0.4 is 10.6 Å². The van der Waals surface area contributed by atoms with E-state index in [1.54, 1.807) is 5.38 Å². The highest BCUT2D eigenvalue weighted by Gasteiger charge is 2.53. The molecule has 0 aromatic carbocycles. The maximum absolute atomic E-state index is 13.0. The number of nitrogens with zero attached hydrogens (tertiary/aromatic N) is 4. The Morgan fingerprint density at radius 2 is 2.18 bits per heavy atom. The van der Waals surface area contributed by atoms with Gasteiger partial charge < -0.3 is 20.6 Å². The minimum atomic E-state index is -1.20. The molecule has 1 unspecified atom stereocenters. The predicted octanol–water partition coefficient (Wildman–Crippen LogP) is 0.766. The van der Waals surface area contributed by atoms with Crippen molar-refractivity contribution in [1.82, 2.24) is 20.2 Å². The molecule has 33 heavy (non-hydrogen) atoms. The van der Waals surface area contributed by atoms with Gasteiger partial charge in [-0.25, -0.2) is 14.8 Å². The van der Waals surface area contributed by atoms with Crippen molar-refractivity contribution >= 4 is 69.5 Å². The summed E-state index contributed by atoms with van der Waals surface area (Å²) in [6.45, 7) is 1.87. The van der Waals surface area contributed by atoms with Crippen molar-refractivity contribution in [2.45, 2.75) is 24.9 Å². The average molecular weight is 509 g/mol. The van der Waals surface area contributed by atoms with Crippen LogP contribution in [0.4, 0.5) is 5.13 Å². The lowest BCUT2D eigenvalue weighted by molar-refractivity contribution is -0.150. The third-order valence-electron chi connectivity index (χ3n) is 4.53. The Morgan fingerprint density at radius 3 is 2.88 bits per heavy atom.